The Morgan fingerprint density at radius 1 is 1.69 bits per heavy atom. The van der Waals surface area contributed by atoms with Crippen LogP contribution in [0.5, 0.6) is 0 Å². The number of hydrogen-bond donors (Lipinski definition) is 1. The molecular weight excluding hydrogens is 248 g/mol. The summed E-state index contributed by atoms with van der Waals surface area (Å²) >= 11 is 9.74. The van der Waals surface area contributed by atoms with Gasteiger partial charge in [-0.25, -0.2) is 0 Å². The summed E-state index contributed by atoms with van der Waals surface area (Å²) in [5.41, 5.74) is 0.432. The van der Waals surface area contributed by atoms with Crippen LogP contribution in [0.4, 0.5) is 0 Å². The monoisotopic (exact) mass is 254 g/mol. The third-order valence-corrected chi connectivity index (χ3v) is 2.90. The molecule has 1 aliphatic rings. The number of carbonyl (C=O) groups is 1. The van der Waals surface area contributed by atoms with Crippen molar-refractivity contribution in [2.24, 2.45) is 0 Å². The maximum absolute atomic E-state index is 11.8. The summed E-state index contributed by atoms with van der Waals surface area (Å²) in [7, 11) is 0. The molecule has 0 aromatic carbocycles. The predicted molar refractivity (Wildman–Crippen MR) is 59.9 cm³/mol. The fraction of sp³-hybridized carbons (Fsp3) is 0.333. The fourth-order valence-electron chi connectivity index (χ4n) is 1.25. The molecule has 1 saturated heterocycles. The molecule has 0 saturated carbocycles. The van der Waals surface area contributed by atoms with E-state index < -0.39 is 5.25 Å². The van der Waals surface area contributed by atoms with Gasteiger partial charge in [0.25, 0.3) is 0 Å². The van der Waals surface area contributed by atoms with Gasteiger partial charge in [-0.2, -0.15) is 23.0 Å². The van der Waals surface area contributed by atoms with E-state index in [1.165, 1.54) is 4.90 Å². The van der Waals surface area contributed by atoms with Crippen LogP contribution < -0.4 is 0 Å². The summed E-state index contributed by atoms with van der Waals surface area (Å²) in [4.78, 5) is 13.2. The minimum Gasteiger partial charge on any atom is -0.320 e. The van der Waals surface area contributed by atoms with Crippen molar-refractivity contribution in [1.29, 1.82) is 5.26 Å². The topological polar surface area (TPSA) is 69.7 Å². The van der Waals surface area contributed by atoms with Crippen LogP contribution in [0, 0.1) is 11.3 Å². The first kappa shape index (κ1) is 11.2. The zero-order valence-corrected chi connectivity index (χ0v) is 9.69. The van der Waals surface area contributed by atoms with Crippen molar-refractivity contribution < 1.29 is 4.79 Å². The van der Waals surface area contributed by atoms with Crippen molar-refractivity contribution in [3.63, 3.8) is 0 Å². The molecular formula is C9H7ClN4OS. The van der Waals surface area contributed by atoms with Crippen LogP contribution in [0.15, 0.2) is 12.1 Å². The molecule has 1 aromatic heterocycles. The molecule has 2 atom stereocenters. The van der Waals surface area contributed by atoms with Crippen LogP contribution in [0.2, 0.25) is 5.15 Å². The number of aromatic nitrogens is 2. The number of halogens is 1. The van der Waals surface area contributed by atoms with Gasteiger partial charge in [0, 0.05) is 0 Å². The maximum Gasteiger partial charge on any atom is 0.242 e. The lowest BCUT2D eigenvalue weighted by Gasteiger charge is -2.08. The van der Waals surface area contributed by atoms with Crippen LogP contribution in [0.25, 0.3) is 0 Å². The first-order valence-electron chi connectivity index (χ1n) is 4.51. The van der Waals surface area contributed by atoms with E-state index in [-0.39, 0.29) is 17.1 Å². The molecule has 0 aliphatic carbocycles. The summed E-state index contributed by atoms with van der Waals surface area (Å²) in [6, 6.07) is 4.82. The maximum atomic E-state index is 11.8. The summed E-state index contributed by atoms with van der Waals surface area (Å²) in [6.07, 6.45) is 0. The minimum absolute atomic E-state index is 0.230. The third-order valence-electron chi connectivity index (χ3n) is 2.21. The summed E-state index contributed by atoms with van der Waals surface area (Å²) < 4.78 is 0. The highest BCUT2D eigenvalue weighted by Gasteiger charge is 2.41. The molecule has 7 heteroatoms. The first-order valence-corrected chi connectivity index (χ1v) is 5.40. The van der Waals surface area contributed by atoms with Gasteiger partial charge in [-0.15, -0.1) is 5.10 Å². The van der Waals surface area contributed by atoms with Crippen LogP contribution in [-0.4, -0.2) is 33.6 Å². The second-order valence-electron chi connectivity index (χ2n) is 3.32. The second kappa shape index (κ2) is 4.28. The Morgan fingerprint density at radius 2 is 2.44 bits per heavy atom. The van der Waals surface area contributed by atoms with Crippen molar-refractivity contribution in [3.8, 4) is 6.07 Å². The highest BCUT2D eigenvalue weighted by Crippen LogP contribution is 2.27. The molecule has 2 heterocycles. The molecule has 0 radical (unpaired) electrons. The van der Waals surface area contributed by atoms with Crippen LogP contribution in [0.3, 0.4) is 0 Å². The fourth-order valence-corrected chi connectivity index (χ4v) is 1.64. The quantitative estimate of drug-likeness (QED) is 0.627. The van der Waals surface area contributed by atoms with Crippen LogP contribution in [-0.2, 0) is 4.79 Å². The molecule has 2 rings (SSSR count). The summed E-state index contributed by atoms with van der Waals surface area (Å²) in [6.45, 7) is 0.466. The normalized spacial score (nSPS) is 20.1. The summed E-state index contributed by atoms with van der Waals surface area (Å²) in [5, 5.41) is 15.6. The zero-order valence-electron chi connectivity index (χ0n) is 8.04. The van der Waals surface area contributed by atoms with E-state index in [4.69, 9.17) is 16.9 Å². The Hall–Kier alpha value is -1.32. The molecule has 0 spiro atoms. The van der Waals surface area contributed by atoms with Gasteiger partial charge in [-0.3, -0.25) is 4.79 Å². The predicted octanol–water partition coefficient (Wildman–Crippen LogP) is 0.835. The van der Waals surface area contributed by atoms with E-state index in [0.29, 0.717) is 12.2 Å². The molecule has 2 unspecified atom stereocenters. The van der Waals surface area contributed by atoms with Crippen molar-refractivity contribution >= 4 is 30.1 Å². The molecule has 1 aliphatic heterocycles. The van der Waals surface area contributed by atoms with Gasteiger partial charge in [-0.1, -0.05) is 11.6 Å². The number of nitrogens with zero attached hydrogens (tertiary/aromatic N) is 4. The number of nitriles is 1. The van der Waals surface area contributed by atoms with Gasteiger partial charge in [0.05, 0.1) is 18.3 Å². The Kier molecular flexibility index (Phi) is 2.99. The number of rotatable bonds is 2. The lowest BCUT2D eigenvalue weighted by atomic mass is 10.2. The Balaban J connectivity index is 2.08. The molecule has 82 valence electrons. The van der Waals surface area contributed by atoms with Gasteiger partial charge in [0.15, 0.2) is 5.15 Å². The number of hydrogen-bond acceptors (Lipinski definition) is 5. The highest BCUT2D eigenvalue weighted by molar-refractivity contribution is 7.81. The second-order valence-corrected chi connectivity index (χ2v) is 4.22. The molecule has 0 bridgehead atoms. The zero-order chi connectivity index (χ0) is 11.7. The van der Waals surface area contributed by atoms with Crippen molar-refractivity contribution in [3.05, 3.63) is 23.0 Å². The van der Waals surface area contributed by atoms with Crippen LogP contribution in [0.1, 0.15) is 10.9 Å². The van der Waals surface area contributed by atoms with Gasteiger partial charge in [0.1, 0.15) is 11.3 Å². The van der Waals surface area contributed by atoms with Gasteiger partial charge >= 0.3 is 0 Å². The van der Waals surface area contributed by atoms with Gasteiger partial charge < -0.3 is 4.90 Å². The molecule has 16 heavy (non-hydrogen) atoms. The number of carbonyl (C=O) groups excluding carboxylic acids is 1. The average molecular weight is 255 g/mol. The SMILES string of the molecule is N#CC1CN1C(=O)C(S)c1ccc(Cl)nn1. The lowest BCUT2D eigenvalue weighted by Crippen LogP contribution is -2.19. The third kappa shape index (κ3) is 2.10. The van der Waals surface area contributed by atoms with E-state index in [1.54, 1.807) is 12.1 Å². The molecule has 1 aromatic rings. The Morgan fingerprint density at radius 3 is 2.94 bits per heavy atom. The molecule has 1 fully saturated rings. The average Bonchev–Trinajstić information content (AvgIpc) is 3.07. The molecule has 5 nitrogen and oxygen atoms in total. The smallest absolute Gasteiger partial charge is 0.242 e. The standard InChI is InChI=1S/C9H7ClN4OS/c10-7-2-1-6(12-13-7)8(16)9(15)14-4-5(14)3-11/h1-2,5,8,16H,4H2. The van der Waals surface area contributed by atoms with E-state index in [9.17, 15) is 4.79 Å². The Bertz CT molecular complexity index is 458. The number of thiol groups is 1. The lowest BCUT2D eigenvalue weighted by molar-refractivity contribution is -0.125. The first-order chi connectivity index (χ1) is 7.63. The highest BCUT2D eigenvalue weighted by atomic mass is 35.5. The van der Waals surface area contributed by atoms with E-state index >= 15 is 0 Å². The largest absolute Gasteiger partial charge is 0.320 e. The number of amides is 1. The summed E-state index contributed by atoms with van der Waals surface area (Å²) in [5.74, 6) is -0.230. The molecule has 0 N–H and O–H groups in total. The van der Waals surface area contributed by atoms with Crippen molar-refractivity contribution in [2.75, 3.05) is 6.54 Å². The molecule has 1 amide bonds. The van der Waals surface area contributed by atoms with E-state index in [0.717, 1.165) is 0 Å². The van der Waals surface area contributed by atoms with E-state index in [2.05, 4.69) is 22.8 Å². The van der Waals surface area contributed by atoms with Crippen LogP contribution >= 0.6 is 24.2 Å². The van der Waals surface area contributed by atoms with Crippen molar-refractivity contribution in [2.45, 2.75) is 11.3 Å². The Labute approximate surface area is 102 Å². The van der Waals surface area contributed by atoms with Gasteiger partial charge in [-0.05, 0) is 12.1 Å². The minimum atomic E-state index is -0.692. The van der Waals surface area contributed by atoms with E-state index in [1.807, 2.05) is 6.07 Å². The van der Waals surface area contributed by atoms with Gasteiger partial charge in [0.2, 0.25) is 5.91 Å². The van der Waals surface area contributed by atoms with Crippen molar-refractivity contribution in [1.82, 2.24) is 15.1 Å².